The highest BCUT2D eigenvalue weighted by atomic mass is 32.2. The molecule has 0 saturated carbocycles. The number of aryl methyl sites for hydroxylation is 1. The molecule has 73 heavy (non-hydrogen) atoms. The van der Waals surface area contributed by atoms with E-state index < -0.39 is 50.2 Å². The largest absolute Gasteiger partial charge is 0.508 e. The van der Waals surface area contributed by atoms with Gasteiger partial charge in [0.1, 0.15) is 5.75 Å². The number of aliphatic hydroxyl groups excluding tert-OH is 2. The molecule has 0 aliphatic heterocycles. The second kappa shape index (κ2) is 26.4. The van der Waals surface area contributed by atoms with Crippen LogP contribution in [0.4, 0.5) is 11.4 Å². The monoisotopic (exact) mass is 1030 g/mol. The van der Waals surface area contributed by atoms with Gasteiger partial charge >= 0.3 is 0 Å². The zero-order valence-electron chi connectivity index (χ0n) is 42.3. The Morgan fingerprint density at radius 2 is 0.877 bits per heavy atom. The van der Waals surface area contributed by atoms with Crippen LogP contribution in [0.5, 0.6) is 5.75 Å². The number of phenols is 1. The quantitative estimate of drug-likeness (QED) is 0.0343. The molecule has 0 fully saturated rings. The molecule has 0 unspecified atom stereocenters. The Morgan fingerprint density at radius 1 is 0.507 bits per heavy atom. The number of carbonyl (C=O) groups excluding carboxylic acids is 2. The lowest BCUT2D eigenvalue weighted by Gasteiger charge is -2.31. The van der Waals surface area contributed by atoms with Crippen molar-refractivity contribution in [2.75, 3.05) is 37.6 Å². The lowest BCUT2D eigenvalue weighted by atomic mass is 9.99. The van der Waals surface area contributed by atoms with Crippen molar-refractivity contribution in [1.82, 2.24) is 19.2 Å². The lowest BCUT2D eigenvalue weighted by molar-refractivity contribution is 0.0772. The van der Waals surface area contributed by atoms with E-state index in [9.17, 15) is 41.7 Å². The maximum atomic E-state index is 13.5. The summed E-state index contributed by atoms with van der Waals surface area (Å²) in [5.74, 6) is -0.775. The topological polar surface area (TPSA) is 246 Å². The number of nitrogen functional groups attached to an aromatic ring is 2. The summed E-state index contributed by atoms with van der Waals surface area (Å²) in [6, 6.07) is 41.1. The molecule has 0 aliphatic carbocycles. The number of hydrogen-bond donors (Lipinski definition) is 7. The molecule has 0 radical (unpaired) electrons. The highest BCUT2D eigenvalue weighted by Gasteiger charge is 2.33. The summed E-state index contributed by atoms with van der Waals surface area (Å²) in [6.07, 6.45) is -1.75. The number of anilines is 2. The molecule has 6 rings (SSSR count). The fraction of sp³-hybridized carbons (Fsp3) is 0.321. The third-order valence-electron chi connectivity index (χ3n) is 12.1. The molecular weight excluding hydrogens is 965 g/mol. The molecular formula is C56H70N6O9S2. The van der Waals surface area contributed by atoms with Crippen molar-refractivity contribution in [2.24, 2.45) is 11.8 Å². The number of nitrogens with two attached hydrogens (primary N) is 2. The van der Waals surface area contributed by atoms with E-state index in [1.54, 1.807) is 31.2 Å². The number of phenolic OH excluding ortho intramolecular Hbond substituents is 1. The van der Waals surface area contributed by atoms with E-state index in [-0.39, 0.29) is 71.4 Å². The number of amides is 2. The minimum absolute atomic E-state index is 0.00661. The second-order valence-corrected chi connectivity index (χ2v) is 22.9. The smallest absolute Gasteiger partial charge is 0.252 e. The predicted molar refractivity (Wildman–Crippen MR) is 288 cm³/mol. The van der Waals surface area contributed by atoms with E-state index >= 15 is 0 Å². The molecule has 0 bridgehead atoms. The molecule has 4 atom stereocenters. The van der Waals surface area contributed by atoms with Gasteiger partial charge in [-0.2, -0.15) is 8.61 Å². The van der Waals surface area contributed by atoms with E-state index in [1.165, 1.54) is 63.2 Å². The van der Waals surface area contributed by atoms with Crippen molar-refractivity contribution in [3.05, 3.63) is 185 Å². The Bertz CT molecular complexity index is 2940. The summed E-state index contributed by atoms with van der Waals surface area (Å²) in [6.45, 7) is 11.1. The average Bonchev–Trinajstić information content (AvgIpc) is 3.35. The summed E-state index contributed by atoms with van der Waals surface area (Å²) in [5, 5.41) is 38.5. The van der Waals surface area contributed by atoms with Crippen molar-refractivity contribution in [3.63, 3.8) is 0 Å². The molecule has 15 nitrogen and oxygen atoms in total. The fourth-order valence-corrected chi connectivity index (χ4v) is 11.3. The van der Waals surface area contributed by atoms with Gasteiger partial charge in [0, 0.05) is 54.2 Å². The number of nitrogens with one attached hydrogen (secondary N) is 2. The zero-order valence-corrected chi connectivity index (χ0v) is 43.9. The molecule has 0 aromatic heterocycles. The highest BCUT2D eigenvalue weighted by molar-refractivity contribution is 7.89. The van der Waals surface area contributed by atoms with Gasteiger partial charge in [-0.1, -0.05) is 113 Å². The maximum Gasteiger partial charge on any atom is 0.252 e. The number of carbonyl (C=O) groups is 2. The molecule has 0 spiro atoms. The van der Waals surface area contributed by atoms with Gasteiger partial charge in [0.15, 0.2) is 0 Å². The Hall–Kier alpha value is -6.60. The Balaban J connectivity index is 0.000000271. The fourth-order valence-electron chi connectivity index (χ4n) is 8.10. The first kappa shape index (κ1) is 57.3. The minimum Gasteiger partial charge on any atom is -0.508 e. The second-order valence-electron chi connectivity index (χ2n) is 19.0. The average molecular weight is 1040 g/mol. The van der Waals surface area contributed by atoms with Crippen LogP contribution in [0.1, 0.15) is 70.7 Å². The first-order valence-electron chi connectivity index (χ1n) is 24.2. The number of rotatable bonds is 22. The van der Waals surface area contributed by atoms with Crippen LogP contribution in [0, 0.1) is 25.7 Å². The van der Waals surface area contributed by atoms with Crippen LogP contribution in [0.25, 0.3) is 0 Å². The lowest BCUT2D eigenvalue weighted by Crippen LogP contribution is -2.51. The molecule has 0 saturated heterocycles. The van der Waals surface area contributed by atoms with Crippen molar-refractivity contribution in [1.29, 1.82) is 0 Å². The summed E-state index contributed by atoms with van der Waals surface area (Å²) >= 11 is 0. The van der Waals surface area contributed by atoms with Crippen molar-refractivity contribution in [3.8, 4) is 5.75 Å². The maximum absolute atomic E-state index is 13.5. The van der Waals surface area contributed by atoms with Gasteiger partial charge in [-0.25, -0.2) is 16.8 Å². The summed E-state index contributed by atoms with van der Waals surface area (Å²) in [7, 11) is -7.83. The number of hydrogen-bond acceptors (Lipinski definition) is 11. The van der Waals surface area contributed by atoms with E-state index in [0.29, 0.717) is 28.9 Å². The number of benzene rings is 6. The molecule has 0 aliphatic rings. The number of aliphatic hydroxyl groups is 2. The van der Waals surface area contributed by atoms with Crippen LogP contribution in [0.15, 0.2) is 161 Å². The Morgan fingerprint density at radius 3 is 1.27 bits per heavy atom. The van der Waals surface area contributed by atoms with Gasteiger partial charge in [-0.15, -0.1) is 0 Å². The van der Waals surface area contributed by atoms with Gasteiger partial charge in [-0.05, 0) is 122 Å². The van der Waals surface area contributed by atoms with E-state index in [0.717, 1.165) is 16.7 Å². The van der Waals surface area contributed by atoms with Gasteiger partial charge in [0.05, 0.1) is 34.1 Å². The van der Waals surface area contributed by atoms with Crippen LogP contribution in [0.2, 0.25) is 0 Å². The predicted octanol–water partition coefficient (Wildman–Crippen LogP) is 6.96. The van der Waals surface area contributed by atoms with Crippen LogP contribution in [-0.4, -0.2) is 103 Å². The SMILES string of the molecule is Cc1c(O)cccc1C(=O)N[C@@H](Cc1ccccc1)[C@H](O)CN(CC(C)C)S(=O)(=O)c1ccc(N)cc1.Cc1ccccc1C(=O)N[C@@H](Cc1ccccc1)[C@H](O)CN(CC(C)C)S(=O)(=O)c1ccc(N)cc1. The van der Waals surface area contributed by atoms with E-state index in [1.807, 2.05) is 107 Å². The molecule has 6 aromatic carbocycles. The normalized spacial score (nSPS) is 13.5. The Labute approximate surface area is 431 Å². The van der Waals surface area contributed by atoms with Crippen LogP contribution in [-0.2, 0) is 32.9 Å². The van der Waals surface area contributed by atoms with E-state index in [2.05, 4.69) is 10.6 Å². The first-order chi connectivity index (χ1) is 34.6. The molecule has 2 amide bonds. The highest BCUT2D eigenvalue weighted by Crippen LogP contribution is 2.24. The van der Waals surface area contributed by atoms with Crippen LogP contribution in [0.3, 0.4) is 0 Å². The van der Waals surface area contributed by atoms with Gasteiger partial charge in [0.25, 0.3) is 11.8 Å². The number of aromatic hydroxyl groups is 1. The number of nitrogens with zero attached hydrogens (tertiary/aromatic N) is 2. The van der Waals surface area contributed by atoms with Crippen molar-refractivity contribution in [2.45, 2.75) is 88.5 Å². The standard InChI is InChI=1S/C28H35N3O5S.C28H35N3O4S/c1-19(2)17-31(37(35,36)23-14-12-22(29)13-15-23)18-27(33)25(16-21-8-5-4-6-9-21)30-28(34)24-10-7-11-26(32)20(24)3;1-20(2)18-31(36(34,35)24-15-13-23(29)14-16-24)19-27(32)26(17-22-10-5-4-6-11-22)30-28(33)25-12-8-7-9-21(25)3/h4-15,19,25,27,32-33H,16-18,29H2,1-3H3,(H,30,34);4-16,20,26-27,32H,17-19,29H2,1-3H3,(H,30,33)/t25-,27+;26-,27+/m00/s1. The minimum atomic E-state index is -3.94. The van der Waals surface area contributed by atoms with Gasteiger partial charge in [0.2, 0.25) is 20.0 Å². The Kier molecular flexibility index (Phi) is 20.7. The third-order valence-corrected chi connectivity index (χ3v) is 15.7. The molecule has 9 N–H and O–H groups in total. The van der Waals surface area contributed by atoms with E-state index in [4.69, 9.17) is 11.5 Å². The molecule has 17 heteroatoms. The van der Waals surface area contributed by atoms with Crippen molar-refractivity contribution < 1.29 is 41.7 Å². The van der Waals surface area contributed by atoms with Crippen LogP contribution >= 0.6 is 0 Å². The summed E-state index contributed by atoms with van der Waals surface area (Å²) in [5.41, 5.74) is 16.2. The number of sulfonamides is 2. The van der Waals surface area contributed by atoms with Gasteiger partial charge < -0.3 is 37.4 Å². The molecule has 6 aromatic rings. The third kappa shape index (κ3) is 16.5. The zero-order chi connectivity index (χ0) is 53.5. The first-order valence-corrected chi connectivity index (χ1v) is 27.1. The van der Waals surface area contributed by atoms with Crippen LogP contribution < -0.4 is 22.1 Å². The molecule has 390 valence electrons. The molecule has 0 heterocycles. The summed E-state index contributed by atoms with van der Waals surface area (Å²) < 4.78 is 56.4. The van der Waals surface area contributed by atoms with Crippen molar-refractivity contribution >= 4 is 43.2 Å². The summed E-state index contributed by atoms with van der Waals surface area (Å²) in [4.78, 5) is 26.5. The van der Waals surface area contributed by atoms with Gasteiger partial charge in [-0.3, -0.25) is 9.59 Å².